The lowest BCUT2D eigenvalue weighted by Gasteiger charge is -2.19. The van der Waals surface area contributed by atoms with E-state index in [-0.39, 0.29) is 17.8 Å². The summed E-state index contributed by atoms with van der Waals surface area (Å²) in [6, 6.07) is 0. The second kappa shape index (κ2) is 6.86. The number of hydrogen-bond acceptors (Lipinski definition) is 10. The van der Waals surface area contributed by atoms with Crippen LogP contribution in [-0.4, -0.2) is 59.3 Å². The van der Waals surface area contributed by atoms with Crippen molar-refractivity contribution in [1.82, 2.24) is 15.0 Å². The molecule has 0 aliphatic carbocycles. The van der Waals surface area contributed by atoms with Gasteiger partial charge in [-0.05, 0) is 0 Å². The molecule has 0 aliphatic heterocycles. The molecule has 1 heterocycles. The van der Waals surface area contributed by atoms with Crippen molar-refractivity contribution in [3.63, 3.8) is 0 Å². The lowest BCUT2D eigenvalue weighted by atomic mass is 10.7. The molecule has 0 atom stereocenters. The van der Waals surface area contributed by atoms with Gasteiger partial charge < -0.3 is 30.7 Å². The van der Waals surface area contributed by atoms with Gasteiger partial charge in [0.2, 0.25) is 24.3 Å². The molecule has 18 heavy (non-hydrogen) atoms. The van der Waals surface area contributed by atoms with Gasteiger partial charge in [-0.1, -0.05) is 0 Å². The van der Waals surface area contributed by atoms with Crippen LogP contribution in [0, 0.1) is 0 Å². The molecule has 102 valence electrons. The molecule has 0 spiro atoms. The average molecular weight is 260 g/mol. The van der Waals surface area contributed by atoms with Gasteiger partial charge in [-0.3, -0.25) is 4.90 Å². The summed E-state index contributed by atoms with van der Waals surface area (Å²) in [5, 5.41) is 20.7. The maximum atomic E-state index is 8.99. The SMILES string of the molecule is COC(Nc1nc(N)nc(N(CO)CO)n1)OC. The summed E-state index contributed by atoms with van der Waals surface area (Å²) in [7, 11) is 2.86. The van der Waals surface area contributed by atoms with Gasteiger partial charge in [0, 0.05) is 14.2 Å². The number of ether oxygens (including phenoxy) is 2. The molecule has 1 aromatic heterocycles. The number of nitrogens with one attached hydrogen (secondary N) is 1. The highest BCUT2D eigenvalue weighted by Crippen LogP contribution is 2.11. The average Bonchev–Trinajstić information content (AvgIpc) is 2.37. The Morgan fingerprint density at radius 2 is 1.83 bits per heavy atom. The molecule has 0 radical (unpaired) electrons. The van der Waals surface area contributed by atoms with Crippen molar-refractivity contribution in [3.8, 4) is 0 Å². The number of nitrogens with zero attached hydrogens (tertiary/aromatic N) is 4. The molecule has 0 fully saturated rings. The fourth-order valence-electron chi connectivity index (χ4n) is 1.08. The first-order valence-corrected chi connectivity index (χ1v) is 4.95. The zero-order valence-corrected chi connectivity index (χ0v) is 10.1. The Morgan fingerprint density at radius 1 is 1.22 bits per heavy atom. The third-order valence-electron chi connectivity index (χ3n) is 1.94. The molecule has 0 bridgehead atoms. The van der Waals surface area contributed by atoms with Crippen molar-refractivity contribution in [1.29, 1.82) is 0 Å². The molecule has 1 rings (SSSR count). The van der Waals surface area contributed by atoms with Crippen molar-refractivity contribution >= 4 is 17.8 Å². The Hall–Kier alpha value is -1.75. The number of rotatable bonds is 7. The van der Waals surface area contributed by atoms with E-state index >= 15 is 0 Å². The van der Waals surface area contributed by atoms with Crippen LogP contribution >= 0.6 is 0 Å². The molecular weight excluding hydrogens is 244 g/mol. The minimum atomic E-state index is -0.753. The predicted molar refractivity (Wildman–Crippen MR) is 62.3 cm³/mol. The Bertz CT molecular complexity index is 371. The van der Waals surface area contributed by atoms with Crippen LogP contribution < -0.4 is 16.0 Å². The zero-order valence-electron chi connectivity index (χ0n) is 10.1. The van der Waals surface area contributed by atoms with Gasteiger partial charge in [0.25, 0.3) is 0 Å². The Kier molecular flexibility index (Phi) is 5.45. The van der Waals surface area contributed by atoms with Crippen LogP contribution in [0.15, 0.2) is 0 Å². The van der Waals surface area contributed by atoms with E-state index in [1.54, 1.807) is 0 Å². The van der Waals surface area contributed by atoms with Crippen molar-refractivity contribution in [3.05, 3.63) is 0 Å². The largest absolute Gasteiger partial charge is 0.376 e. The summed E-state index contributed by atoms with van der Waals surface area (Å²) >= 11 is 0. The van der Waals surface area contributed by atoms with E-state index in [0.29, 0.717) is 0 Å². The highest BCUT2D eigenvalue weighted by molar-refractivity contribution is 5.41. The van der Waals surface area contributed by atoms with E-state index in [2.05, 4.69) is 20.3 Å². The first-order chi connectivity index (χ1) is 8.64. The summed E-state index contributed by atoms with van der Waals surface area (Å²) in [5.41, 5.74) is 5.49. The van der Waals surface area contributed by atoms with E-state index in [1.165, 1.54) is 14.2 Å². The Morgan fingerprint density at radius 3 is 2.33 bits per heavy atom. The highest BCUT2D eigenvalue weighted by Gasteiger charge is 2.13. The molecule has 0 aromatic carbocycles. The van der Waals surface area contributed by atoms with Gasteiger partial charge in [-0.25, -0.2) is 0 Å². The molecule has 1 aromatic rings. The monoisotopic (exact) mass is 260 g/mol. The van der Waals surface area contributed by atoms with Crippen molar-refractivity contribution in [2.24, 2.45) is 0 Å². The van der Waals surface area contributed by atoms with E-state index in [1.807, 2.05) is 0 Å². The van der Waals surface area contributed by atoms with Gasteiger partial charge in [0.1, 0.15) is 13.5 Å². The Labute approximate surface area is 103 Å². The summed E-state index contributed by atoms with van der Waals surface area (Å²) in [5.74, 6) is 0.0550. The van der Waals surface area contributed by atoms with Gasteiger partial charge in [-0.2, -0.15) is 15.0 Å². The number of anilines is 3. The van der Waals surface area contributed by atoms with E-state index < -0.39 is 19.9 Å². The molecule has 10 nitrogen and oxygen atoms in total. The molecule has 0 amide bonds. The lowest BCUT2D eigenvalue weighted by Crippen LogP contribution is -2.29. The fourth-order valence-corrected chi connectivity index (χ4v) is 1.08. The molecule has 5 N–H and O–H groups in total. The van der Waals surface area contributed by atoms with E-state index in [0.717, 1.165) is 4.90 Å². The molecule has 0 saturated carbocycles. The quantitative estimate of drug-likeness (QED) is 0.413. The highest BCUT2D eigenvalue weighted by atomic mass is 16.7. The molecule has 0 unspecified atom stereocenters. The van der Waals surface area contributed by atoms with Crippen LogP contribution in [0.1, 0.15) is 0 Å². The van der Waals surface area contributed by atoms with Gasteiger partial charge in [-0.15, -0.1) is 0 Å². The smallest absolute Gasteiger partial charge is 0.239 e. The molecule has 10 heteroatoms. The van der Waals surface area contributed by atoms with Crippen LogP contribution in [0.2, 0.25) is 0 Å². The number of nitrogen functional groups attached to an aromatic ring is 1. The maximum Gasteiger partial charge on any atom is 0.239 e. The van der Waals surface area contributed by atoms with Gasteiger partial charge in [0.15, 0.2) is 0 Å². The van der Waals surface area contributed by atoms with Crippen molar-refractivity contribution < 1.29 is 19.7 Å². The number of aliphatic hydroxyl groups excluding tert-OH is 2. The standard InChI is InChI=1S/C8H16N6O4/c1-17-8(18-2)13-6-10-5(9)11-7(12-6)14(3-15)4-16/h8,15-16H,3-4H2,1-2H3,(H3,9,10,11,12,13). The third kappa shape index (κ3) is 3.63. The third-order valence-corrected chi connectivity index (χ3v) is 1.94. The zero-order chi connectivity index (χ0) is 13.5. The summed E-state index contributed by atoms with van der Waals surface area (Å²) in [4.78, 5) is 12.6. The second-order valence-electron chi connectivity index (χ2n) is 3.09. The number of hydrogen-bond donors (Lipinski definition) is 4. The predicted octanol–water partition coefficient (Wildman–Crippen LogP) is -1.85. The van der Waals surface area contributed by atoms with Crippen LogP contribution in [0.5, 0.6) is 0 Å². The normalized spacial score (nSPS) is 10.7. The first kappa shape index (κ1) is 14.3. The first-order valence-electron chi connectivity index (χ1n) is 4.95. The molecular formula is C8H16N6O4. The van der Waals surface area contributed by atoms with Crippen LogP contribution in [0.3, 0.4) is 0 Å². The Balaban J connectivity index is 2.93. The number of methoxy groups -OCH3 is 2. The van der Waals surface area contributed by atoms with E-state index in [4.69, 9.17) is 25.4 Å². The van der Waals surface area contributed by atoms with Gasteiger partial charge >= 0.3 is 0 Å². The maximum absolute atomic E-state index is 8.99. The van der Waals surface area contributed by atoms with E-state index in [9.17, 15) is 0 Å². The number of aromatic nitrogens is 3. The van der Waals surface area contributed by atoms with Crippen LogP contribution in [0.4, 0.5) is 17.8 Å². The minimum Gasteiger partial charge on any atom is -0.376 e. The lowest BCUT2D eigenvalue weighted by molar-refractivity contribution is -0.0813. The van der Waals surface area contributed by atoms with Crippen molar-refractivity contribution in [2.45, 2.75) is 6.41 Å². The molecule has 0 saturated heterocycles. The second-order valence-corrected chi connectivity index (χ2v) is 3.09. The minimum absolute atomic E-state index is 0.0287. The number of nitrogens with two attached hydrogens (primary N) is 1. The van der Waals surface area contributed by atoms with Gasteiger partial charge in [0.05, 0.1) is 0 Å². The summed E-state index contributed by atoms with van der Waals surface area (Å²) in [6.45, 7) is -0.922. The summed E-state index contributed by atoms with van der Waals surface area (Å²) < 4.78 is 9.82. The van der Waals surface area contributed by atoms with Crippen LogP contribution in [0.25, 0.3) is 0 Å². The number of aliphatic hydroxyl groups is 2. The van der Waals surface area contributed by atoms with Crippen molar-refractivity contribution in [2.75, 3.05) is 43.6 Å². The molecule has 0 aliphatic rings. The summed E-state index contributed by atoms with van der Waals surface area (Å²) in [6.07, 6.45) is -0.753. The fraction of sp³-hybridized carbons (Fsp3) is 0.625. The van der Waals surface area contributed by atoms with Crippen LogP contribution in [-0.2, 0) is 9.47 Å². The topological polar surface area (TPSA) is 139 Å².